The fourth-order valence-corrected chi connectivity index (χ4v) is 4.12. The van der Waals surface area contributed by atoms with Crippen molar-refractivity contribution < 1.29 is 22.7 Å². The average Bonchev–Trinajstić information content (AvgIpc) is 2.46. The van der Waals surface area contributed by atoms with Gasteiger partial charge in [-0.1, -0.05) is 17.7 Å². The number of hydrogen-bond donors (Lipinski definition) is 1. The maximum atomic E-state index is 12.9. The molecule has 2 atom stereocenters. The molecule has 23 heavy (non-hydrogen) atoms. The number of esters is 1. The van der Waals surface area contributed by atoms with Crippen molar-refractivity contribution in [2.45, 2.75) is 37.8 Å². The van der Waals surface area contributed by atoms with E-state index in [-0.39, 0.29) is 23.9 Å². The lowest BCUT2D eigenvalue weighted by atomic mass is 10.1. The number of aryl methyl sites for hydroxylation is 1. The zero-order valence-corrected chi connectivity index (χ0v) is 14.1. The van der Waals surface area contributed by atoms with Gasteiger partial charge in [-0.3, -0.25) is 9.59 Å². The van der Waals surface area contributed by atoms with E-state index in [0.29, 0.717) is 0 Å². The molecule has 1 N–H and O–H groups in total. The second-order valence-electron chi connectivity index (χ2n) is 5.55. The molecule has 7 nitrogen and oxygen atoms in total. The molecule has 126 valence electrons. The van der Waals surface area contributed by atoms with Crippen LogP contribution in [0.25, 0.3) is 0 Å². The Balaban J connectivity index is 2.35. The van der Waals surface area contributed by atoms with Crippen LogP contribution >= 0.6 is 0 Å². The highest BCUT2D eigenvalue weighted by Crippen LogP contribution is 2.22. The first-order chi connectivity index (χ1) is 10.7. The predicted octanol–water partition coefficient (Wildman–Crippen LogP) is 0.436. The lowest BCUT2D eigenvalue weighted by molar-refractivity contribution is -0.148. The third kappa shape index (κ3) is 3.89. The number of ether oxygens (including phenoxy) is 1. The molecule has 0 radical (unpaired) electrons. The molecule has 2 unspecified atom stereocenters. The van der Waals surface area contributed by atoms with Crippen LogP contribution in [0, 0.1) is 6.92 Å². The van der Waals surface area contributed by atoms with E-state index in [0.717, 1.165) is 9.87 Å². The molecule has 1 aliphatic heterocycles. The van der Waals surface area contributed by atoms with Gasteiger partial charge in [-0.15, -0.1) is 0 Å². The van der Waals surface area contributed by atoms with Gasteiger partial charge in [0.25, 0.3) is 0 Å². The average molecular weight is 340 g/mol. The summed E-state index contributed by atoms with van der Waals surface area (Å²) in [4.78, 5) is 22.9. The lowest BCUT2D eigenvalue weighted by Gasteiger charge is -2.37. The summed E-state index contributed by atoms with van der Waals surface area (Å²) in [6.45, 7) is 4.53. The minimum absolute atomic E-state index is 0.0956. The highest BCUT2D eigenvalue weighted by molar-refractivity contribution is 7.89. The first-order valence-electron chi connectivity index (χ1n) is 7.24. The second kappa shape index (κ2) is 6.67. The number of sulfonamides is 1. The van der Waals surface area contributed by atoms with Crippen LogP contribution in [0.4, 0.5) is 0 Å². The Hall–Kier alpha value is -1.93. The molecule has 1 aromatic rings. The standard InChI is InChI=1S/C15H20N2O5S/c1-10-4-6-13(7-5-10)23(20,21)17-9-15(19)16-8-14(17)11(2)22-12(3)18/h4-7,11,14H,8-9H2,1-3H3,(H,16,19). The Labute approximate surface area is 135 Å². The van der Waals surface area contributed by atoms with Crippen LogP contribution < -0.4 is 5.32 Å². The molecular formula is C15H20N2O5S. The fraction of sp³-hybridized carbons (Fsp3) is 0.467. The SMILES string of the molecule is CC(=O)OC(C)C1CNC(=O)CN1S(=O)(=O)c1ccc(C)cc1. The number of amides is 1. The Kier molecular flexibility index (Phi) is 5.06. The first-order valence-corrected chi connectivity index (χ1v) is 8.68. The van der Waals surface area contributed by atoms with Gasteiger partial charge in [-0.25, -0.2) is 8.42 Å². The molecule has 2 rings (SSSR count). The smallest absolute Gasteiger partial charge is 0.302 e. The van der Waals surface area contributed by atoms with Crippen LogP contribution in [-0.2, 0) is 24.3 Å². The van der Waals surface area contributed by atoms with Gasteiger partial charge in [0, 0.05) is 13.5 Å². The number of carbonyl (C=O) groups is 2. The molecule has 1 fully saturated rings. The number of hydrogen-bond acceptors (Lipinski definition) is 5. The molecule has 1 aromatic carbocycles. The van der Waals surface area contributed by atoms with Crippen molar-refractivity contribution in [2.75, 3.05) is 13.1 Å². The van der Waals surface area contributed by atoms with Crippen LogP contribution in [-0.4, -0.2) is 49.8 Å². The Bertz CT molecular complexity index is 699. The summed E-state index contributed by atoms with van der Waals surface area (Å²) in [5.41, 5.74) is 0.935. The highest BCUT2D eigenvalue weighted by atomic mass is 32.2. The molecule has 1 heterocycles. The zero-order valence-electron chi connectivity index (χ0n) is 13.3. The topological polar surface area (TPSA) is 92.8 Å². The first kappa shape index (κ1) is 17.4. The Morgan fingerprint density at radius 3 is 2.52 bits per heavy atom. The number of benzene rings is 1. The minimum atomic E-state index is -3.86. The van der Waals surface area contributed by atoms with Crippen molar-refractivity contribution in [3.8, 4) is 0 Å². The molecule has 0 aliphatic carbocycles. The zero-order chi connectivity index (χ0) is 17.2. The highest BCUT2D eigenvalue weighted by Gasteiger charge is 2.40. The third-order valence-corrected chi connectivity index (χ3v) is 5.58. The van der Waals surface area contributed by atoms with Crippen LogP contribution in [0.1, 0.15) is 19.4 Å². The van der Waals surface area contributed by atoms with Crippen LogP contribution in [0.3, 0.4) is 0 Å². The van der Waals surface area contributed by atoms with Crippen molar-refractivity contribution in [2.24, 2.45) is 0 Å². The van der Waals surface area contributed by atoms with E-state index in [4.69, 9.17) is 4.74 Å². The number of carbonyl (C=O) groups excluding carboxylic acids is 2. The molecule has 1 aliphatic rings. The molecule has 8 heteroatoms. The van der Waals surface area contributed by atoms with Gasteiger partial charge in [0.15, 0.2) is 0 Å². The maximum absolute atomic E-state index is 12.9. The monoisotopic (exact) mass is 340 g/mol. The van der Waals surface area contributed by atoms with Crippen molar-refractivity contribution in [1.82, 2.24) is 9.62 Å². The van der Waals surface area contributed by atoms with E-state index in [1.165, 1.54) is 19.1 Å². The third-order valence-electron chi connectivity index (χ3n) is 3.70. The molecule has 1 saturated heterocycles. The summed E-state index contributed by atoms with van der Waals surface area (Å²) in [6.07, 6.45) is -0.673. The van der Waals surface area contributed by atoms with E-state index in [1.807, 2.05) is 6.92 Å². The summed E-state index contributed by atoms with van der Waals surface area (Å²) in [6, 6.07) is 5.75. The van der Waals surface area contributed by atoms with Gasteiger partial charge in [0.05, 0.1) is 17.5 Å². The molecule has 1 amide bonds. The van der Waals surface area contributed by atoms with E-state index in [2.05, 4.69) is 5.32 Å². The lowest BCUT2D eigenvalue weighted by Crippen LogP contribution is -2.60. The molecule has 0 aromatic heterocycles. The number of piperazine rings is 1. The van der Waals surface area contributed by atoms with Crippen LogP contribution in [0.2, 0.25) is 0 Å². The van der Waals surface area contributed by atoms with Crippen molar-refractivity contribution in [1.29, 1.82) is 0 Å². The van der Waals surface area contributed by atoms with E-state index in [9.17, 15) is 18.0 Å². The van der Waals surface area contributed by atoms with Crippen molar-refractivity contribution >= 4 is 21.9 Å². The Morgan fingerprint density at radius 1 is 1.35 bits per heavy atom. The molecular weight excluding hydrogens is 320 g/mol. The number of nitrogens with zero attached hydrogens (tertiary/aromatic N) is 1. The quantitative estimate of drug-likeness (QED) is 0.803. The normalized spacial score (nSPS) is 20.7. The van der Waals surface area contributed by atoms with Crippen LogP contribution in [0.5, 0.6) is 0 Å². The second-order valence-corrected chi connectivity index (χ2v) is 7.44. The molecule has 0 saturated carbocycles. The summed E-state index contributed by atoms with van der Waals surface area (Å²) in [7, 11) is -3.86. The number of nitrogens with one attached hydrogen (secondary N) is 1. The Morgan fingerprint density at radius 2 is 1.96 bits per heavy atom. The largest absolute Gasteiger partial charge is 0.461 e. The minimum Gasteiger partial charge on any atom is -0.461 e. The molecule has 0 spiro atoms. The summed E-state index contributed by atoms with van der Waals surface area (Å²) < 4.78 is 31.9. The van der Waals surface area contributed by atoms with Crippen LogP contribution in [0.15, 0.2) is 29.2 Å². The number of rotatable bonds is 4. The van der Waals surface area contributed by atoms with Crippen molar-refractivity contribution in [3.05, 3.63) is 29.8 Å². The fourth-order valence-electron chi connectivity index (χ4n) is 2.48. The van der Waals surface area contributed by atoms with Crippen molar-refractivity contribution in [3.63, 3.8) is 0 Å². The molecule has 0 bridgehead atoms. The van der Waals surface area contributed by atoms with Gasteiger partial charge in [0.1, 0.15) is 6.10 Å². The van der Waals surface area contributed by atoms with Gasteiger partial charge in [0.2, 0.25) is 15.9 Å². The van der Waals surface area contributed by atoms with Gasteiger partial charge in [-0.2, -0.15) is 4.31 Å². The summed E-state index contributed by atoms with van der Waals surface area (Å²) in [5.74, 6) is -0.881. The predicted molar refractivity (Wildman–Crippen MR) is 83.1 cm³/mol. The maximum Gasteiger partial charge on any atom is 0.302 e. The van der Waals surface area contributed by atoms with E-state index in [1.54, 1.807) is 19.1 Å². The summed E-state index contributed by atoms with van der Waals surface area (Å²) >= 11 is 0. The van der Waals surface area contributed by atoms with Gasteiger partial charge >= 0.3 is 5.97 Å². The van der Waals surface area contributed by atoms with Gasteiger partial charge in [-0.05, 0) is 26.0 Å². The van der Waals surface area contributed by atoms with E-state index >= 15 is 0 Å². The summed E-state index contributed by atoms with van der Waals surface area (Å²) in [5, 5.41) is 2.61. The van der Waals surface area contributed by atoms with E-state index < -0.39 is 28.1 Å². The van der Waals surface area contributed by atoms with Gasteiger partial charge < -0.3 is 10.1 Å².